The van der Waals surface area contributed by atoms with Crippen LogP contribution in [0.4, 0.5) is 5.69 Å². The molecule has 0 spiro atoms. The Hall–Kier alpha value is -4.41. The first-order valence-corrected chi connectivity index (χ1v) is 15.8. The van der Waals surface area contributed by atoms with E-state index >= 15 is 0 Å². The van der Waals surface area contributed by atoms with Crippen molar-refractivity contribution in [2.24, 2.45) is 5.41 Å². The minimum absolute atomic E-state index is 0.0146. The van der Waals surface area contributed by atoms with E-state index in [9.17, 15) is 24.0 Å². The summed E-state index contributed by atoms with van der Waals surface area (Å²) in [5.41, 5.74) is 1.23. The number of hydrogen-bond donors (Lipinski definition) is 2. The van der Waals surface area contributed by atoms with Gasteiger partial charge in [0.2, 0.25) is 17.6 Å². The molecule has 0 radical (unpaired) electrons. The molecule has 250 valence electrons. The van der Waals surface area contributed by atoms with Crippen LogP contribution in [0.15, 0.2) is 42.5 Å². The van der Waals surface area contributed by atoms with Crippen LogP contribution in [-0.2, 0) is 35.1 Å². The van der Waals surface area contributed by atoms with Crippen molar-refractivity contribution in [3.8, 4) is 11.5 Å². The summed E-state index contributed by atoms with van der Waals surface area (Å²) in [5.74, 6) is -1.14. The van der Waals surface area contributed by atoms with Crippen LogP contribution in [-0.4, -0.2) is 68.2 Å². The monoisotopic (exact) mass is 637 g/mol. The lowest BCUT2D eigenvalue weighted by Crippen LogP contribution is -2.53. The van der Waals surface area contributed by atoms with Gasteiger partial charge in [-0.3, -0.25) is 19.2 Å². The fourth-order valence-corrected chi connectivity index (χ4v) is 5.24. The minimum Gasteiger partial charge on any atom is -0.493 e. The Morgan fingerprint density at radius 1 is 0.957 bits per heavy atom. The Bertz CT molecular complexity index is 1410. The molecule has 2 atom stereocenters. The number of piperidine rings is 1. The van der Waals surface area contributed by atoms with Crippen molar-refractivity contribution in [1.82, 2.24) is 10.2 Å². The molecule has 2 N–H and O–H groups in total. The van der Waals surface area contributed by atoms with Crippen molar-refractivity contribution < 1.29 is 38.2 Å². The van der Waals surface area contributed by atoms with E-state index in [4.69, 9.17) is 14.2 Å². The van der Waals surface area contributed by atoms with Crippen LogP contribution in [0, 0.1) is 5.41 Å². The highest BCUT2D eigenvalue weighted by molar-refractivity contribution is 6.38. The van der Waals surface area contributed by atoms with Crippen LogP contribution in [0.2, 0.25) is 0 Å². The minimum atomic E-state index is -0.881. The number of nitrogens with zero attached hydrogens (tertiary/aromatic N) is 1. The van der Waals surface area contributed by atoms with E-state index < -0.39 is 35.2 Å². The molecular weight excluding hydrogens is 590 g/mol. The number of amides is 3. The maximum absolute atomic E-state index is 13.8. The van der Waals surface area contributed by atoms with Crippen molar-refractivity contribution in [3.63, 3.8) is 0 Å². The predicted octanol–water partition coefficient (Wildman–Crippen LogP) is 4.77. The van der Waals surface area contributed by atoms with Crippen molar-refractivity contribution >= 4 is 35.2 Å². The largest absolute Gasteiger partial charge is 0.493 e. The van der Waals surface area contributed by atoms with Gasteiger partial charge in [-0.05, 0) is 73.9 Å². The molecular formula is C35H47N3O8. The first-order valence-electron chi connectivity index (χ1n) is 15.8. The molecule has 1 heterocycles. The average Bonchev–Trinajstić information content (AvgIpc) is 3.07. The number of likely N-dealkylation sites (tertiary alicyclic amines) is 1. The van der Waals surface area contributed by atoms with Gasteiger partial charge in [0.15, 0.2) is 11.5 Å². The van der Waals surface area contributed by atoms with Crippen LogP contribution in [0.25, 0.3) is 0 Å². The van der Waals surface area contributed by atoms with Gasteiger partial charge < -0.3 is 29.7 Å². The Morgan fingerprint density at radius 2 is 1.67 bits per heavy atom. The van der Waals surface area contributed by atoms with Gasteiger partial charge in [-0.25, -0.2) is 4.79 Å². The number of ketones is 1. The van der Waals surface area contributed by atoms with Crippen molar-refractivity contribution in [1.29, 1.82) is 0 Å². The standard InChI is InChI=1S/C35H47N3O8/c1-7-35(2,3)32(41)33(42)38-20-9-8-13-26(38)34(43)46-27(16-14-23-15-17-28(44-5)29(21-23)45-6)24-11-10-12-25(22-24)37-31(40)19-18-30(39)36-4/h10-12,15,17,21-22,26-27H,7-9,13-14,16,18-20H2,1-6H3,(H,36,39)(H,37,40)/t26-,27+/m0/s1. The number of esters is 1. The number of Topliss-reactive ketones (excluding diaryl/α,β-unsaturated/α-hetero) is 1. The van der Waals surface area contributed by atoms with Gasteiger partial charge in [0.05, 0.1) is 14.2 Å². The highest BCUT2D eigenvalue weighted by atomic mass is 16.5. The molecule has 11 heteroatoms. The number of rotatable bonds is 15. The quantitative estimate of drug-likeness (QED) is 0.210. The molecule has 1 saturated heterocycles. The third-order valence-corrected chi connectivity index (χ3v) is 8.53. The van der Waals surface area contributed by atoms with E-state index in [-0.39, 0.29) is 24.7 Å². The third-order valence-electron chi connectivity index (χ3n) is 8.53. The molecule has 2 aromatic rings. The van der Waals surface area contributed by atoms with Crippen molar-refractivity contribution in [2.45, 2.75) is 84.3 Å². The normalized spacial score (nSPS) is 15.3. The zero-order chi connectivity index (χ0) is 33.9. The molecule has 0 aliphatic carbocycles. The maximum atomic E-state index is 13.8. The molecule has 1 fully saturated rings. The molecule has 0 bridgehead atoms. The molecule has 3 rings (SSSR count). The lowest BCUT2D eigenvalue weighted by atomic mass is 9.84. The Labute approximate surface area is 271 Å². The number of benzene rings is 2. The van der Waals surface area contributed by atoms with Crippen LogP contribution >= 0.6 is 0 Å². The second-order valence-electron chi connectivity index (χ2n) is 12.1. The van der Waals surface area contributed by atoms with Crippen molar-refractivity contribution in [2.75, 3.05) is 33.1 Å². The third kappa shape index (κ3) is 9.55. The van der Waals surface area contributed by atoms with Gasteiger partial charge in [-0.1, -0.05) is 39.0 Å². The first-order chi connectivity index (χ1) is 21.9. The van der Waals surface area contributed by atoms with Gasteiger partial charge in [0, 0.05) is 37.5 Å². The summed E-state index contributed by atoms with van der Waals surface area (Å²) in [6.45, 7) is 5.63. The molecule has 1 aliphatic rings. The summed E-state index contributed by atoms with van der Waals surface area (Å²) in [6, 6.07) is 11.7. The summed E-state index contributed by atoms with van der Waals surface area (Å²) in [5, 5.41) is 5.30. The van der Waals surface area contributed by atoms with E-state index in [1.54, 1.807) is 46.3 Å². The summed E-state index contributed by atoms with van der Waals surface area (Å²) in [6.07, 6.45) is 2.55. The van der Waals surface area contributed by atoms with E-state index in [0.717, 1.165) is 12.0 Å². The summed E-state index contributed by atoms with van der Waals surface area (Å²) >= 11 is 0. The number of nitrogens with one attached hydrogen (secondary N) is 2. The zero-order valence-electron chi connectivity index (χ0n) is 27.8. The molecule has 0 aromatic heterocycles. The topological polar surface area (TPSA) is 140 Å². The van der Waals surface area contributed by atoms with Crippen LogP contribution in [0.5, 0.6) is 11.5 Å². The molecule has 1 aliphatic heterocycles. The van der Waals surface area contributed by atoms with Gasteiger partial charge in [-0.2, -0.15) is 0 Å². The molecule has 0 saturated carbocycles. The summed E-state index contributed by atoms with van der Waals surface area (Å²) < 4.78 is 17.0. The highest BCUT2D eigenvalue weighted by Crippen LogP contribution is 2.32. The van der Waals surface area contributed by atoms with Gasteiger partial charge in [0.1, 0.15) is 12.1 Å². The number of carbonyl (C=O) groups is 5. The Balaban J connectivity index is 1.87. The Morgan fingerprint density at radius 3 is 2.35 bits per heavy atom. The smallest absolute Gasteiger partial charge is 0.329 e. The van der Waals surface area contributed by atoms with Crippen molar-refractivity contribution in [3.05, 3.63) is 53.6 Å². The number of methoxy groups -OCH3 is 2. The zero-order valence-corrected chi connectivity index (χ0v) is 27.8. The first kappa shape index (κ1) is 36.1. The number of ether oxygens (including phenoxy) is 3. The highest BCUT2D eigenvalue weighted by Gasteiger charge is 2.41. The fourth-order valence-electron chi connectivity index (χ4n) is 5.24. The maximum Gasteiger partial charge on any atom is 0.329 e. The van der Waals surface area contributed by atoms with E-state index in [1.807, 2.05) is 31.2 Å². The summed E-state index contributed by atoms with van der Waals surface area (Å²) in [4.78, 5) is 65.7. The molecule has 2 aromatic carbocycles. The SMILES string of the molecule is CCC(C)(C)C(=O)C(=O)N1CCCC[C@H]1C(=O)O[C@H](CCc1ccc(OC)c(OC)c1)c1cccc(NC(=O)CCC(=O)NC)c1. The fraction of sp³-hybridized carbons (Fsp3) is 0.514. The second-order valence-corrected chi connectivity index (χ2v) is 12.1. The molecule has 0 unspecified atom stereocenters. The molecule has 46 heavy (non-hydrogen) atoms. The number of carbonyl (C=O) groups excluding carboxylic acids is 5. The van der Waals surface area contributed by atoms with E-state index in [1.165, 1.54) is 11.9 Å². The summed E-state index contributed by atoms with van der Waals surface area (Å²) in [7, 11) is 4.64. The van der Waals surface area contributed by atoms with Gasteiger partial charge in [0.25, 0.3) is 5.91 Å². The van der Waals surface area contributed by atoms with Gasteiger partial charge >= 0.3 is 5.97 Å². The number of hydrogen-bond acceptors (Lipinski definition) is 8. The lowest BCUT2D eigenvalue weighted by molar-refractivity contribution is -0.164. The number of aryl methyl sites for hydroxylation is 1. The average molecular weight is 638 g/mol. The lowest BCUT2D eigenvalue weighted by Gasteiger charge is -2.36. The molecule has 11 nitrogen and oxygen atoms in total. The predicted molar refractivity (Wildman–Crippen MR) is 174 cm³/mol. The van der Waals surface area contributed by atoms with E-state index in [2.05, 4.69) is 10.6 Å². The number of anilines is 1. The van der Waals surface area contributed by atoms with Crippen LogP contribution < -0.4 is 20.1 Å². The van der Waals surface area contributed by atoms with Crippen LogP contribution in [0.3, 0.4) is 0 Å². The van der Waals surface area contributed by atoms with E-state index in [0.29, 0.717) is 61.4 Å². The van der Waals surface area contributed by atoms with Gasteiger partial charge in [-0.15, -0.1) is 0 Å². The second kappa shape index (κ2) is 16.8. The molecule has 3 amide bonds. The Kier molecular flexibility index (Phi) is 13.1. The van der Waals surface area contributed by atoms with Crippen LogP contribution in [0.1, 0.15) is 82.9 Å².